The molecule has 3 rings (SSSR count). The summed E-state index contributed by atoms with van der Waals surface area (Å²) in [6.07, 6.45) is -0.762. The zero-order chi connectivity index (χ0) is 19.2. The molecule has 2 aliphatic rings. The van der Waals surface area contributed by atoms with E-state index < -0.39 is 36.6 Å². The topological polar surface area (TPSA) is 104 Å². The van der Waals surface area contributed by atoms with Crippen LogP contribution in [-0.4, -0.2) is 64.4 Å². The largest absolute Gasteiger partial charge is 0.457 e. The number of aliphatic hydroxyl groups excluding tert-OH is 3. The van der Waals surface area contributed by atoms with Gasteiger partial charge >= 0.3 is 0 Å². The summed E-state index contributed by atoms with van der Waals surface area (Å²) < 4.78 is 11.6. The zero-order valence-electron chi connectivity index (χ0n) is 15.7. The molecular weight excluding hydrogens is 348 g/mol. The number of ether oxygens (including phenoxy) is 2. The first-order valence-corrected chi connectivity index (χ1v) is 9.79. The van der Waals surface area contributed by atoms with Crippen molar-refractivity contribution in [3.8, 4) is 0 Å². The number of unbranched alkanes of at least 4 members (excludes halogenated alkanes) is 3. The van der Waals surface area contributed by atoms with Crippen LogP contribution < -0.4 is 5.32 Å². The minimum atomic E-state index is -1.34. The van der Waals surface area contributed by atoms with E-state index in [1.165, 1.54) is 6.42 Å². The third-order valence-corrected chi connectivity index (χ3v) is 5.17. The van der Waals surface area contributed by atoms with Crippen molar-refractivity contribution < 1.29 is 24.8 Å². The zero-order valence-corrected chi connectivity index (χ0v) is 15.7. The molecule has 1 heterocycles. The highest BCUT2D eigenvalue weighted by atomic mass is 16.6. The van der Waals surface area contributed by atoms with Crippen LogP contribution >= 0.6 is 0 Å². The van der Waals surface area contributed by atoms with E-state index in [9.17, 15) is 15.3 Å². The first kappa shape index (κ1) is 20.1. The average Bonchev–Trinajstić information content (AvgIpc) is 3.11. The van der Waals surface area contributed by atoms with Crippen molar-refractivity contribution in [2.75, 3.05) is 6.54 Å². The standard InChI is InChI=1S/C20H30N2O5/c1-2-3-4-8-11-21-20-22-14-18(26-12-13-9-6-5-7-10-13)16(24)15(23)17(25)19(14)27-20/h5-7,9-10,14-19,23-25H,2-4,8,11-12H2,1H3,(H,21,22)/t14-,15-,16-,17+,18-,19-/m0/s1. The number of rotatable bonds is 8. The van der Waals surface area contributed by atoms with Crippen LogP contribution in [0.2, 0.25) is 0 Å². The van der Waals surface area contributed by atoms with Gasteiger partial charge in [0.15, 0.2) is 6.10 Å². The second-order valence-electron chi connectivity index (χ2n) is 7.23. The van der Waals surface area contributed by atoms with Crippen LogP contribution in [0.4, 0.5) is 0 Å². The molecule has 150 valence electrons. The lowest BCUT2D eigenvalue weighted by atomic mass is 9.83. The Hall–Kier alpha value is -1.67. The van der Waals surface area contributed by atoms with Crippen molar-refractivity contribution in [3.05, 3.63) is 35.9 Å². The lowest BCUT2D eigenvalue weighted by Crippen LogP contribution is -2.65. The Kier molecular flexibility index (Phi) is 7.07. The smallest absolute Gasteiger partial charge is 0.285 e. The fourth-order valence-electron chi connectivity index (χ4n) is 3.59. The van der Waals surface area contributed by atoms with E-state index in [2.05, 4.69) is 17.2 Å². The lowest BCUT2D eigenvalue weighted by Gasteiger charge is -2.41. The fourth-order valence-corrected chi connectivity index (χ4v) is 3.59. The molecule has 0 spiro atoms. The molecule has 1 aliphatic carbocycles. The van der Waals surface area contributed by atoms with E-state index >= 15 is 0 Å². The van der Waals surface area contributed by atoms with E-state index in [1.807, 2.05) is 30.3 Å². The van der Waals surface area contributed by atoms with Crippen LogP contribution in [0.3, 0.4) is 0 Å². The first-order valence-electron chi connectivity index (χ1n) is 9.79. The summed E-state index contributed by atoms with van der Waals surface area (Å²) in [6.45, 7) is 3.09. The molecule has 0 amide bonds. The van der Waals surface area contributed by atoms with Crippen molar-refractivity contribution in [2.24, 2.45) is 4.99 Å². The minimum Gasteiger partial charge on any atom is -0.457 e. The van der Waals surface area contributed by atoms with Gasteiger partial charge in [-0.25, -0.2) is 4.99 Å². The molecule has 1 aromatic carbocycles. The summed E-state index contributed by atoms with van der Waals surface area (Å²) in [5.74, 6) is 0. The Morgan fingerprint density at radius 1 is 1.04 bits per heavy atom. The van der Waals surface area contributed by atoms with Gasteiger partial charge in [0.1, 0.15) is 24.4 Å². The molecule has 27 heavy (non-hydrogen) atoms. The number of fused-ring (bicyclic) bond motifs is 1. The number of nitrogens with one attached hydrogen (secondary N) is 1. The van der Waals surface area contributed by atoms with Gasteiger partial charge in [-0.15, -0.1) is 0 Å². The molecule has 1 aromatic rings. The summed E-state index contributed by atoms with van der Waals surface area (Å²) in [4.78, 5) is 4.41. The van der Waals surface area contributed by atoms with Gasteiger partial charge in [-0.05, 0) is 12.0 Å². The number of hydrogen-bond acceptors (Lipinski definition) is 6. The molecule has 1 aliphatic heterocycles. The molecule has 0 unspecified atom stereocenters. The summed E-state index contributed by atoms with van der Waals surface area (Å²) in [5.41, 5.74) is 0.964. The molecule has 4 N–H and O–H groups in total. The number of hydrogen-bond donors (Lipinski definition) is 4. The van der Waals surface area contributed by atoms with Gasteiger partial charge in [0.25, 0.3) is 6.02 Å². The van der Waals surface area contributed by atoms with E-state index in [0.29, 0.717) is 19.2 Å². The second kappa shape index (κ2) is 9.50. The summed E-state index contributed by atoms with van der Waals surface area (Å²) in [6, 6.07) is 9.48. The molecule has 1 saturated heterocycles. The van der Waals surface area contributed by atoms with Gasteiger partial charge in [0.2, 0.25) is 0 Å². The van der Waals surface area contributed by atoms with Crippen LogP contribution in [0.5, 0.6) is 0 Å². The van der Waals surface area contributed by atoms with E-state index in [4.69, 9.17) is 9.47 Å². The van der Waals surface area contributed by atoms with Crippen molar-refractivity contribution in [1.82, 2.24) is 5.32 Å². The fraction of sp³-hybridized carbons (Fsp3) is 0.650. The third-order valence-electron chi connectivity index (χ3n) is 5.17. The lowest BCUT2D eigenvalue weighted by molar-refractivity contribution is -0.191. The highest BCUT2D eigenvalue weighted by Crippen LogP contribution is 2.30. The number of benzene rings is 1. The van der Waals surface area contributed by atoms with Gasteiger partial charge < -0.3 is 30.1 Å². The Balaban J connectivity index is 1.64. The molecule has 2 fully saturated rings. The number of amidine groups is 1. The Morgan fingerprint density at radius 2 is 1.81 bits per heavy atom. The van der Waals surface area contributed by atoms with Crippen molar-refractivity contribution >= 4 is 6.02 Å². The molecule has 6 atom stereocenters. The van der Waals surface area contributed by atoms with Gasteiger partial charge in [-0.1, -0.05) is 56.5 Å². The molecule has 0 aromatic heterocycles. The molecular formula is C20H30N2O5. The SMILES string of the molecule is CCCCCCN=C1N[C@@H]2[C@H](O1)[C@H](O)[C@@H](O)[C@H](O)[C@H]2OCc1ccccc1. The van der Waals surface area contributed by atoms with E-state index in [-0.39, 0.29) is 0 Å². The van der Waals surface area contributed by atoms with Gasteiger partial charge in [0.05, 0.1) is 12.6 Å². The van der Waals surface area contributed by atoms with Gasteiger partial charge in [-0.3, -0.25) is 0 Å². The number of nitrogens with zero attached hydrogens (tertiary/aromatic N) is 1. The second-order valence-corrected chi connectivity index (χ2v) is 7.23. The Labute approximate surface area is 160 Å². The van der Waals surface area contributed by atoms with Crippen molar-refractivity contribution in [2.45, 2.75) is 75.8 Å². The van der Waals surface area contributed by atoms with Crippen LogP contribution in [0, 0.1) is 0 Å². The predicted molar refractivity (Wildman–Crippen MR) is 101 cm³/mol. The molecule has 0 radical (unpaired) electrons. The molecule has 7 nitrogen and oxygen atoms in total. The van der Waals surface area contributed by atoms with Crippen molar-refractivity contribution in [1.29, 1.82) is 0 Å². The van der Waals surface area contributed by atoms with Crippen LogP contribution in [0.1, 0.15) is 38.2 Å². The quantitative estimate of drug-likeness (QED) is 0.503. The van der Waals surface area contributed by atoms with Gasteiger partial charge in [-0.2, -0.15) is 0 Å². The van der Waals surface area contributed by atoms with E-state index in [1.54, 1.807) is 0 Å². The van der Waals surface area contributed by atoms with Gasteiger partial charge in [0, 0.05) is 6.54 Å². The highest BCUT2D eigenvalue weighted by Gasteiger charge is 2.55. The first-order chi connectivity index (χ1) is 13.1. The van der Waals surface area contributed by atoms with Crippen LogP contribution in [0.15, 0.2) is 35.3 Å². The Morgan fingerprint density at radius 3 is 2.56 bits per heavy atom. The number of aliphatic imine (C=N–C) groups is 1. The summed E-state index contributed by atoms with van der Waals surface area (Å²) >= 11 is 0. The number of aliphatic hydroxyl groups is 3. The molecule has 1 saturated carbocycles. The normalized spacial score (nSPS) is 34.1. The highest BCUT2D eigenvalue weighted by molar-refractivity contribution is 5.76. The maximum Gasteiger partial charge on any atom is 0.285 e. The van der Waals surface area contributed by atoms with Crippen LogP contribution in [-0.2, 0) is 16.1 Å². The average molecular weight is 378 g/mol. The maximum absolute atomic E-state index is 10.4. The van der Waals surface area contributed by atoms with Crippen LogP contribution in [0.25, 0.3) is 0 Å². The Bertz CT molecular complexity index is 612. The summed E-state index contributed by atoms with van der Waals surface area (Å²) in [7, 11) is 0. The predicted octanol–water partition coefficient (Wildman–Crippen LogP) is 0.961. The summed E-state index contributed by atoms with van der Waals surface area (Å²) in [5, 5.41) is 34.0. The molecule has 7 heteroatoms. The minimum absolute atomic E-state index is 0.291. The molecule has 0 bridgehead atoms. The van der Waals surface area contributed by atoms with E-state index in [0.717, 1.165) is 24.8 Å². The van der Waals surface area contributed by atoms with Crippen molar-refractivity contribution in [3.63, 3.8) is 0 Å². The third kappa shape index (κ3) is 4.79. The maximum atomic E-state index is 10.4. The monoisotopic (exact) mass is 378 g/mol.